The topological polar surface area (TPSA) is 20.3 Å². The van der Waals surface area contributed by atoms with Crippen LogP contribution in [0.1, 0.15) is 13.3 Å². The lowest BCUT2D eigenvalue weighted by atomic mass is 9.97. The molecule has 0 spiro atoms. The van der Waals surface area contributed by atoms with Crippen molar-refractivity contribution in [1.82, 2.24) is 4.90 Å². The quantitative estimate of drug-likeness (QED) is 0.560. The first-order chi connectivity index (χ1) is 5.30. The van der Waals surface area contributed by atoms with E-state index in [0.29, 0.717) is 0 Å². The molecule has 2 nitrogen and oxygen atoms in total. The summed E-state index contributed by atoms with van der Waals surface area (Å²) in [6.07, 6.45) is -4.47. The number of hydrogen-bond donors (Lipinski definition) is 0. The summed E-state index contributed by atoms with van der Waals surface area (Å²) in [6.45, 7) is 1.12. The highest BCUT2D eigenvalue weighted by molar-refractivity contribution is 5.91. The average Bonchev–Trinajstić information content (AvgIpc) is 2.16. The van der Waals surface area contributed by atoms with Crippen LogP contribution in [0.3, 0.4) is 0 Å². The monoisotopic (exact) mass is 181 g/mol. The van der Waals surface area contributed by atoms with E-state index in [4.69, 9.17) is 0 Å². The van der Waals surface area contributed by atoms with Crippen molar-refractivity contribution in [3.63, 3.8) is 0 Å². The Balaban J connectivity index is 3.03. The van der Waals surface area contributed by atoms with Gasteiger partial charge in [-0.05, 0) is 14.0 Å². The van der Waals surface area contributed by atoms with Crippen molar-refractivity contribution in [2.75, 3.05) is 13.6 Å². The van der Waals surface area contributed by atoms with Crippen LogP contribution in [-0.2, 0) is 4.79 Å². The highest BCUT2D eigenvalue weighted by Crippen LogP contribution is 2.39. The van der Waals surface area contributed by atoms with Crippen molar-refractivity contribution >= 4 is 5.78 Å². The minimum absolute atomic E-state index is 0.00743. The number of carbonyl (C=O) groups excluding carboxylic acids is 1. The van der Waals surface area contributed by atoms with Gasteiger partial charge < -0.3 is 0 Å². The second-order valence-electron chi connectivity index (χ2n) is 3.16. The largest absolute Gasteiger partial charge is 0.413 e. The Morgan fingerprint density at radius 2 is 2.00 bits per heavy atom. The molecule has 1 atom stereocenters. The summed E-state index contributed by atoms with van der Waals surface area (Å²) >= 11 is 0. The first-order valence-electron chi connectivity index (χ1n) is 3.61. The van der Waals surface area contributed by atoms with Crippen molar-refractivity contribution in [2.45, 2.75) is 25.1 Å². The Morgan fingerprint density at radius 1 is 1.50 bits per heavy atom. The number of nitrogens with zero attached hydrogens (tertiary/aromatic N) is 1. The molecule has 0 radical (unpaired) electrons. The van der Waals surface area contributed by atoms with Gasteiger partial charge in [-0.15, -0.1) is 0 Å². The highest BCUT2D eigenvalue weighted by atomic mass is 19.4. The van der Waals surface area contributed by atoms with E-state index in [-0.39, 0.29) is 13.0 Å². The average molecular weight is 181 g/mol. The summed E-state index contributed by atoms with van der Waals surface area (Å²) in [6, 6.07) is 0. The number of halogens is 3. The van der Waals surface area contributed by atoms with Gasteiger partial charge in [-0.3, -0.25) is 9.69 Å². The van der Waals surface area contributed by atoms with Crippen LogP contribution in [0.25, 0.3) is 0 Å². The molecular weight excluding hydrogens is 171 g/mol. The van der Waals surface area contributed by atoms with Gasteiger partial charge in [0.05, 0.1) is 0 Å². The van der Waals surface area contributed by atoms with E-state index < -0.39 is 17.5 Å². The SMILES string of the molecule is CN1CCC(=O)C1(C)C(F)(F)F. The van der Waals surface area contributed by atoms with Gasteiger partial charge in [0.1, 0.15) is 0 Å². The molecule has 0 aromatic heterocycles. The summed E-state index contributed by atoms with van der Waals surface area (Å²) in [4.78, 5) is 12.0. The number of hydrogen-bond acceptors (Lipinski definition) is 2. The molecule has 0 amide bonds. The molecule has 5 heteroatoms. The van der Waals surface area contributed by atoms with E-state index >= 15 is 0 Å². The Hall–Kier alpha value is -0.580. The summed E-state index contributed by atoms with van der Waals surface area (Å²) in [5, 5.41) is 0. The Bertz CT molecular complexity index is 213. The Morgan fingerprint density at radius 3 is 2.17 bits per heavy atom. The molecule has 0 saturated carbocycles. The third-order valence-corrected chi connectivity index (χ3v) is 2.53. The number of rotatable bonds is 0. The first-order valence-corrected chi connectivity index (χ1v) is 3.61. The van der Waals surface area contributed by atoms with Crippen LogP contribution >= 0.6 is 0 Å². The first kappa shape index (κ1) is 9.51. The zero-order chi connectivity index (χ0) is 9.57. The van der Waals surface area contributed by atoms with E-state index in [1.807, 2.05) is 0 Å². The predicted molar refractivity (Wildman–Crippen MR) is 36.7 cm³/mol. The van der Waals surface area contributed by atoms with Crippen LogP contribution in [-0.4, -0.2) is 36.0 Å². The van der Waals surface area contributed by atoms with Crippen molar-refractivity contribution in [2.24, 2.45) is 0 Å². The summed E-state index contributed by atoms with van der Waals surface area (Å²) < 4.78 is 37.2. The fraction of sp³-hybridized carbons (Fsp3) is 0.857. The molecule has 1 aliphatic rings. The Labute approximate surface area is 68.3 Å². The van der Waals surface area contributed by atoms with Crippen LogP contribution in [0.15, 0.2) is 0 Å². The van der Waals surface area contributed by atoms with E-state index in [2.05, 4.69) is 0 Å². The predicted octanol–water partition coefficient (Wildman–Crippen LogP) is 1.21. The number of likely N-dealkylation sites (tertiary alicyclic amines) is 1. The molecule has 1 saturated heterocycles. The van der Waals surface area contributed by atoms with E-state index in [9.17, 15) is 18.0 Å². The van der Waals surface area contributed by atoms with Gasteiger partial charge in [0.25, 0.3) is 0 Å². The van der Waals surface area contributed by atoms with E-state index in [0.717, 1.165) is 11.8 Å². The van der Waals surface area contributed by atoms with Crippen LogP contribution in [0, 0.1) is 0 Å². The number of carbonyl (C=O) groups is 1. The maximum atomic E-state index is 12.4. The van der Waals surface area contributed by atoms with Crippen molar-refractivity contribution in [1.29, 1.82) is 0 Å². The lowest BCUT2D eigenvalue weighted by Gasteiger charge is -2.32. The second-order valence-corrected chi connectivity index (χ2v) is 3.16. The molecule has 1 rings (SSSR count). The van der Waals surface area contributed by atoms with Crippen LogP contribution in [0.2, 0.25) is 0 Å². The number of ketones is 1. The number of alkyl halides is 3. The standard InChI is InChI=1S/C7H10F3NO/c1-6(7(8,9)10)5(12)3-4-11(6)2/h3-4H2,1-2H3. The van der Waals surface area contributed by atoms with Gasteiger partial charge in [-0.25, -0.2) is 0 Å². The van der Waals surface area contributed by atoms with Gasteiger partial charge in [0.2, 0.25) is 0 Å². The minimum Gasteiger partial charge on any atom is -0.297 e. The molecular formula is C7H10F3NO. The molecule has 12 heavy (non-hydrogen) atoms. The lowest BCUT2D eigenvalue weighted by Crippen LogP contribution is -2.55. The smallest absolute Gasteiger partial charge is 0.297 e. The molecule has 1 aliphatic heterocycles. The fourth-order valence-electron chi connectivity index (χ4n) is 1.32. The van der Waals surface area contributed by atoms with Crippen molar-refractivity contribution < 1.29 is 18.0 Å². The second kappa shape index (κ2) is 2.45. The zero-order valence-corrected chi connectivity index (χ0v) is 6.90. The van der Waals surface area contributed by atoms with Gasteiger partial charge in [0, 0.05) is 13.0 Å². The molecule has 0 N–H and O–H groups in total. The van der Waals surface area contributed by atoms with Crippen LogP contribution in [0.4, 0.5) is 13.2 Å². The molecule has 0 aromatic rings. The van der Waals surface area contributed by atoms with E-state index in [1.165, 1.54) is 7.05 Å². The summed E-state index contributed by atoms with van der Waals surface area (Å²) in [5.74, 6) is -0.738. The molecule has 0 aliphatic carbocycles. The third kappa shape index (κ3) is 1.03. The maximum absolute atomic E-state index is 12.4. The van der Waals surface area contributed by atoms with Gasteiger partial charge in [0.15, 0.2) is 11.3 Å². The van der Waals surface area contributed by atoms with E-state index in [1.54, 1.807) is 0 Å². The number of likely N-dealkylation sites (N-methyl/N-ethyl adjacent to an activating group) is 1. The zero-order valence-electron chi connectivity index (χ0n) is 6.90. The Kier molecular flexibility index (Phi) is 1.94. The molecule has 1 heterocycles. The van der Waals surface area contributed by atoms with Gasteiger partial charge in [-0.2, -0.15) is 13.2 Å². The van der Waals surface area contributed by atoms with Gasteiger partial charge in [-0.1, -0.05) is 0 Å². The maximum Gasteiger partial charge on any atom is 0.413 e. The summed E-state index contributed by atoms with van der Waals surface area (Å²) in [5.41, 5.74) is -2.26. The molecule has 0 bridgehead atoms. The normalized spacial score (nSPS) is 32.9. The van der Waals surface area contributed by atoms with Crippen LogP contribution < -0.4 is 0 Å². The number of Topliss-reactive ketones (excluding diaryl/α,β-unsaturated/α-hetero) is 1. The highest BCUT2D eigenvalue weighted by Gasteiger charge is 2.61. The third-order valence-electron chi connectivity index (χ3n) is 2.53. The molecule has 1 fully saturated rings. The van der Waals surface area contributed by atoms with Gasteiger partial charge >= 0.3 is 6.18 Å². The van der Waals surface area contributed by atoms with Crippen molar-refractivity contribution in [3.05, 3.63) is 0 Å². The summed E-state index contributed by atoms with van der Waals surface area (Å²) in [7, 11) is 1.32. The van der Waals surface area contributed by atoms with Crippen molar-refractivity contribution in [3.8, 4) is 0 Å². The fourth-order valence-corrected chi connectivity index (χ4v) is 1.32. The lowest BCUT2D eigenvalue weighted by molar-refractivity contribution is -0.210. The minimum atomic E-state index is -4.46. The van der Waals surface area contributed by atoms with Crippen LogP contribution in [0.5, 0.6) is 0 Å². The molecule has 0 aromatic carbocycles. The molecule has 70 valence electrons. The molecule has 1 unspecified atom stereocenters.